The maximum absolute atomic E-state index is 6.09. The van der Waals surface area contributed by atoms with Gasteiger partial charge in [-0.2, -0.15) is 4.98 Å². The molecule has 1 heterocycles. The van der Waals surface area contributed by atoms with E-state index in [9.17, 15) is 0 Å². The highest BCUT2D eigenvalue weighted by Crippen LogP contribution is 2.26. The molecule has 0 bridgehead atoms. The number of hydrogen-bond donors (Lipinski definition) is 0. The number of aromatic nitrogens is 2. The zero-order chi connectivity index (χ0) is 13.8. The Hall–Kier alpha value is -1.32. The Balaban J connectivity index is 2.19. The second kappa shape index (κ2) is 6.22. The smallest absolute Gasteiger partial charge is 0.229 e. The van der Waals surface area contributed by atoms with Crippen molar-refractivity contribution >= 4 is 35.4 Å². The van der Waals surface area contributed by atoms with Gasteiger partial charge in [-0.1, -0.05) is 54.3 Å². The number of hydrogen-bond acceptors (Lipinski definition) is 3. The molecule has 0 saturated heterocycles. The zero-order valence-electron chi connectivity index (χ0n) is 10.7. The quantitative estimate of drug-likeness (QED) is 0.791. The summed E-state index contributed by atoms with van der Waals surface area (Å²) < 4.78 is 5.19. The molecule has 0 aliphatic heterocycles. The van der Waals surface area contributed by atoms with Gasteiger partial charge in [0.1, 0.15) is 0 Å². The van der Waals surface area contributed by atoms with E-state index in [1.54, 1.807) is 12.1 Å². The fourth-order valence-electron chi connectivity index (χ4n) is 1.50. The van der Waals surface area contributed by atoms with Gasteiger partial charge in [-0.05, 0) is 30.2 Å². The molecule has 0 radical (unpaired) electrons. The lowest BCUT2D eigenvalue weighted by Crippen LogP contribution is -1.90. The fourth-order valence-corrected chi connectivity index (χ4v) is 1.87. The van der Waals surface area contributed by atoms with E-state index >= 15 is 0 Å². The van der Waals surface area contributed by atoms with Gasteiger partial charge >= 0.3 is 0 Å². The van der Waals surface area contributed by atoms with Crippen LogP contribution >= 0.6 is 23.2 Å². The number of benzene rings is 1. The largest absolute Gasteiger partial charge is 0.339 e. The molecule has 0 spiro atoms. The zero-order valence-corrected chi connectivity index (χ0v) is 12.2. The minimum Gasteiger partial charge on any atom is -0.339 e. The van der Waals surface area contributed by atoms with Crippen LogP contribution in [0.1, 0.15) is 43.5 Å². The molecule has 1 atom stereocenters. The van der Waals surface area contributed by atoms with Gasteiger partial charge in [-0.15, -0.1) is 0 Å². The van der Waals surface area contributed by atoms with Crippen LogP contribution in [0.3, 0.4) is 0 Å². The summed E-state index contributed by atoms with van der Waals surface area (Å²) in [7, 11) is 0. The predicted octanol–water partition coefficient (Wildman–Crippen LogP) is 5.06. The van der Waals surface area contributed by atoms with Crippen molar-refractivity contribution in [3.8, 4) is 0 Å². The van der Waals surface area contributed by atoms with Gasteiger partial charge in [-0.3, -0.25) is 0 Å². The predicted molar refractivity (Wildman–Crippen MR) is 78.4 cm³/mol. The van der Waals surface area contributed by atoms with Crippen molar-refractivity contribution in [3.63, 3.8) is 0 Å². The maximum atomic E-state index is 6.09. The molecule has 0 N–H and O–H groups in total. The first kappa shape index (κ1) is 14.1. The minimum absolute atomic E-state index is 0.268. The standard InChI is InChI=1S/C14H14Cl2N2O/c1-3-9(2)14-17-12(18-19-14)8-7-10-5-4-6-11(15)13(10)16/h4-9H,3H2,1-2H3/b8-7+. The van der Waals surface area contributed by atoms with Gasteiger partial charge in [-0.25, -0.2) is 0 Å². The van der Waals surface area contributed by atoms with Gasteiger partial charge in [0.25, 0.3) is 0 Å². The van der Waals surface area contributed by atoms with Crippen molar-refractivity contribution in [1.82, 2.24) is 10.1 Å². The molecule has 2 rings (SSSR count). The van der Waals surface area contributed by atoms with Crippen LogP contribution < -0.4 is 0 Å². The van der Waals surface area contributed by atoms with Crippen LogP contribution in [0.25, 0.3) is 12.2 Å². The second-order valence-electron chi connectivity index (χ2n) is 4.28. The first-order chi connectivity index (χ1) is 9.11. The van der Waals surface area contributed by atoms with Gasteiger partial charge in [0.05, 0.1) is 10.0 Å². The van der Waals surface area contributed by atoms with Crippen molar-refractivity contribution in [2.24, 2.45) is 0 Å². The van der Waals surface area contributed by atoms with E-state index in [-0.39, 0.29) is 5.92 Å². The average molecular weight is 297 g/mol. The first-order valence-corrected chi connectivity index (χ1v) is 6.83. The lowest BCUT2D eigenvalue weighted by atomic mass is 10.1. The molecule has 0 aliphatic carbocycles. The Labute approximate surface area is 122 Å². The summed E-state index contributed by atoms with van der Waals surface area (Å²) in [4.78, 5) is 4.31. The van der Waals surface area contributed by atoms with Crippen LogP contribution in [-0.2, 0) is 0 Å². The lowest BCUT2D eigenvalue weighted by molar-refractivity contribution is 0.355. The maximum Gasteiger partial charge on any atom is 0.229 e. The first-order valence-electron chi connectivity index (χ1n) is 6.07. The fraction of sp³-hybridized carbons (Fsp3) is 0.286. The third-order valence-electron chi connectivity index (χ3n) is 2.88. The van der Waals surface area contributed by atoms with Crippen molar-refractivity contribution in [3.05, 3.63) is 45.5 Å². The Morgan fingerprint density at radius 2 is 2.11 bits per heavy atom. The summed E-state index contributed by atoms with van der Waals surface area (Å²) in [6.07, 6.45) is 4.54. The van der Waals surface area contributed by atoms with Gasteiger partial charge in [0.2, 0.25) is 5.89 Å². The van der Waals surface area contributed by atoms with Crippen LogP contribution in [-0.4, -0.2) is 10.1 Å². The molecule has 100 valence electrons. The highest BCUT2D eigenvalue weighted by molar-refractivity contribution is 6.42. The topological polar surface area (TPSA) is 38.9 Å². The minimum atomic E-state index is 0.268. The van der Waals surface area contributed by atoms with Crippen LogP contribution in [0.2, 0.25) is 10.0 Å². The summed E-state index contributed by atoms with van der Waals surface area (Å²) in [6.45, 7) is 4.13. The molecule has 1 aromatic carbocycles. The third-order valence-corrected chi connectivity index (χ3v) is 3.72. The van der Waals surface area contributed by atoms with Gasteiger partial charge in [0.15, 0.2) is 5.82 Å². The molecule has 3 nitrogen and oxygen atoms in total. The Morgan fingerprint density at radius 1 is 1.32 bits per heavy atom. The average Bonchev–Trinajstić information content (AvgIpc) is 2.88. The van der Waals surface area contributed by atoms with Crippen LogP contribution in [0, 0.1) is 0 Å². The molecule has 0 saturated carbocycles. The molecular formula is C14H14Cl2N2O. The third kappa shape index (κ3) is 3.37. The normalized spacial score (nSPS) is 13.1. The molecule has 5 heteroatoms. The number of nitrogens with zero attached hydrogens (tertiary/aromatic N) is 2. The summed E-state index contributed by atoms with van der Waals surface area (Å²) in [6, 6.07) is 5.46. The monoisotopic (exact) mass is 296 g/mol. The van der Waals surface area contributed by atoms with E-state index in [0.29, 0.717) is 21.8 Å². The molecular weight excluding hydrogens is 283 g/mol. The number of rotatable bonds is 4. The van der Waals surface area contributed by atoms with Crippen LogP contribution in [0.4, 0.5) is 0 Å². The van der Waals surface area contributed by atoms with Gasteiger partial charge < -0.3 is 4.52 Å². The van der Waals surface area contributed by atoms with E-state index in [1.165, 1.54) is 0 Å². The van der Waals surface area contributed by atoms with Crippen molar-refractivity contribution in [2.75, 3.05) is 0 Å². The highest BCUT2D eigenvalue weighted by atomic mass is 35.5. The van der Waals surface area contributed by atoms with Gasteiger partial charge in [0, 0.05) is 5.92 Å². The molecule has 1 unspecified atom stereocenters. The second-order valence-corrected chi connectivity index (χ2v) is 5.06. The Kier molecular flexibility index (Phi) is 4.61. The molecule has 0 aliphatic rings. The van der Waals surface area contributed by atoms with E-state index in [0.717, 1.165) is 12.0 Å². The molecule has 19 heavy (non-hydrogen) atoms. The molecule has 0 amide bonds. The Bertz CT molecular complexity index is 593. The summed E-state index contributed by atoms with van der Waals surface area (Å²) >= 11 is 12.0. The van der Waals surface area contributed by atoms with E-state index in [1.807, 2.05) is 18.2 Å². The summed E-state index contributed by atoms with van der Waals surface area (Å²) in [5.41, 5.74) is 0.823. The van der Waals surface area contributed by atoms with Crippen molar-refractivity contribution in [1.29, 1.82) is 0 Å². The highest BCUT2D eigenvalue weighted by Gasteiger charge is 2.10. The van der Waals surface area contributed by atoms with Crippen LogP contribution in [0.15, 0.2) is 22.7 Å². The van der Waals surface area contributed by atoms with E-state index < -0.39 is 0 Å². The van der Waals surface area contributed by atoms with E-state index in [4.69, 9.17) is 27.7 Å². The van der Waals surface area contributed by atoms with E-state index in [2.05, 4.69) is 24.0 Å². The van der Waals surface area contributed by atoms with Crippen molar-refractivity contribution in [2.45, 2.75) is 26.2 Å². The molecule has 2 aromatic rings. The molecule has 0 fully saturated rings. The summed E-state index contributed by atoms with van der Waals surface area (Å²) in [5.74, 6) is 1.45. The van der Waals surface area contributed by atoms with Crippen molar-refractivity contribution < 1.29 is 4.52 Å². The Morgan fingerprint density at radius 3 is 2.84 bits per heavy atom. The SMILES string of the molecule is CCC(C)c1nc(/C=C/c2cccc(Cl)c2Cl)no1. The lowest BCUT2D eigenvalue weighted by Gasteiger charge is -1.99. The number of halogens is 2. The molecule has 1 aromatic heterocycles. The summed E-state index contributed by atoms with van der Waals surface area (Å²) in [5, 5.41) is 4.95. The van der Waals surface area contributed by atoms with Crippen LogP contribution in [0.5, 0.6) is 0 Å².